The van der Waals surface area contributed by atoms with Crippen LogP contribution in [0.15, 0.2) is 71.2 Å². The highest BCUT2D eigenvalue weighted by atomic mass is 19.1. The fraction of sp³-hybridized carbons (Fsp3) is 0.394. The number of halogens is 1. The molecule has 2 aromatic carbocycles. The lowest BCUT2D eigenvalue weighted by Gasteiger charge is -2.37. The molecule has 238 valence electrons. The number of hydrogen-bond donors (Lipinski definition) is 1. The number of hydrogen-bond acceptors (Lipinski definition) is 10. The highest BCUT2D eigenvalue weighted by Crippen LogP contribution is 2.45. The third kappa shape index (κ3) is 7.20. The number of nitrogens with two attached hydrogens (primary N) is 1. The van der Waals surface area contributed by atoms with E-state index in [1.54, 1.807) is 35.2 Å². The van der Waals surface area contributed by atoms with Crippen LogP contribution in [0.4, 0.5) is 14.9 Å². The number of carbonyl (C=O) groups excluding carboxylic acids is 3. The summed E-state index contributed by atoms with van der Waals surface area (Å²) in [4.78, 5) is 42.0. The summed E-state index contributed by atoms with van der Waals surface area (Å²) in [6.45, 7) is 6.60. The van der Waals surface area contributed by atoms with E-state index < -0.39 is 29.3 Å². The first-order chi connectivity index (χ1) is 21.4. The fourth-order valence-electron chi connectivity index (χ4n) is 5.37. The summed E-state index contributed by atoms with van der Waals surface area (Å²) < 4.78 is 36.6. The van der Waals surface area contributed by atoms with Crippen molar-refractivity contribution in [3.63, 3.8) is 0 Å². The Hall–Kier alpha value is -5.05. The van der Waals surface area contributed by atoms with E-state index in [0.717, 1.165) is 25.2 Å². The summed E-state index contributed by atoms with van der Waals surface area (Å²) >= 11 is 0. The van der Waals surface area contributed by atoms with Crippen molar-refractivity contribution in [3.8, 4) is 11.8 Å². The molecule has 0 saturated carbocycles. The number of likely N-dealkylation sites (tertiary alicyclic amines) is 1. The van der Waals surface area contributed by atoms with Crippen molar-refractivity contribution in [2.24, 2.45) is 11.7 Å². The molecule has 2 N–H and O–H groups in total. The summed E-state index contributed by atoms with van der Waals surface area (Å²) in [5, 5.41) is 10.3. The van der Waals surface area contributed by atoms with E-state index in [-0.39, 0.29) is 52.7 Å². The molecular formula is C33H37FN4O7. The van der Waals surface area contributed by atoms with Crippen molar-refractivity contribution >= 4 is 23.7 Å². The number of amides is 1. The number of allylic oxidation sites excluding steroid dienone is 1. The Morgan fingerprint density at radius 1 is 1.02 bits per heavy atom. The standard InChI is InChI=1S/C33H37FN4O7/c1-33(2,3)45-32(41)37-15-13-20(14-16-37)19-44-25-12-11-22(34)17-24(25)38-28(31(40)43-5)27(30(39)42-4)26(23(18-35)29(38)36)21-9-7-6-8-10-21/h6-12,17,20,26H,13-16,19,36H2,1-5H3. The summed E-state index contributed by atoms with van der Waals surface area (Å²) in [6.07, 6.45) is 0.901. The van der Waals surface area contributed by atoms with Crippen LogP contribution in [0.3, 0.4) is 0 Å². The van der Waals surface area contributed by atoms with Crippen molar-refractivity contribution in [2.75, 3.05) is 38.8 Å². The van der Waals surface area contributed by atoms with Gasteiger partial charge >= 0.3 is 18.0 Å². The minimum absolute atomic E-state index is 0.0141. The molecule has 2 aliphatic rings. The molecule has 2 aliphatic heterocycles. The molecule has 4 rings (SSSR count). The van der Waals surface area contributed by atoms with E-state index in [1.807, 2.05) is 20.8 Å². The van der Waals surface area contributed by atoms with Crippen LogP contribution in [0.5, 0.6) is 5.75 Å². The van der Waals surface area contributed by atoms with Gasteiger partial charge in [-0.1, -0.05) is 30.3 Å². The van der Waals surface area contributed by atoms with Gasteiger partial charge in [0.15, 0.2) is 0 Å². The minimum atomic E-state index is -1.07. The molecule has 1 amide bonds. The molecule has 45 heavy (non-hydrogen) atoms. The lowest BCUT2D eigenvalue weighted by Crippen LogP contribution is -2.42. The van der Waals surface area contributed by atoms with Gasteiger partial charge in [0.2, 0.25) is 0 Å². The Morgan fingerprint density at radius 2 is 1.67 bits per heavy atom. The van der Waals surface area contributed by atoms with E-state index in [4.69, 9.17) is 24.7 Å². The van der Waals surface area contributed by atoms with Crippen LogP contribution < -0.4 is 15.4 Å². The molecule has 1 saturated heterocycles. The number of methoxy groups -OCH3 is 2. The molecule has 1 unspecified atom stereocenters. The number of nitrogens with zero attached hydrogens (tertiary/aromatic N) is 3. The smallest absolute Gasteiger partial charge is 0.410 e. The second-order valence-corrected chi connectivity index (χ2v) is 11.7. The zero-order valence-electron chi connectivity index (χ0n) is 26.0. The summed E-state index contributed by atoms with van der Waals surface area (Å²) in [7, 11) is 2.28. The number of anilines is 1. The van der Waals surface area contributed by atoms with Crippen molar-refractivity contribution in [1.29, 1.82) is 5.26 Å². The molecule has 12 heteroatoms. The quantitative estimate of drug-likeness (QED) is 0.340. The van der Waals surface area contributed by atoms with Crippen LogP contribution in [-0.2, 0) is 23.8 Å². The minimum Gasteiger partial charge on any atom is -0.491 e. The fourth-order valence-corrected chi connectivity index (χ4v) is 5.37. The van der Waals surface area contributed by atoms with Gasteiger partial charge in [-0.05, 0) is 57.2 Å². The van der Waals surface area contributed by atoms with Crippen LogP contribution >= 0.6 is 0 Å². The maximum absolute atomic E-state index is 14.8. The average Bonchev–Trinajstić information content (AvgIpc) is 3.02. The van der Waals surface area contributed by atoms with Crippen LogP contribution in [-0.4, -0.2) is 62.4 Å². The number of benzene rings is 2. The molecule has 0 aromatic heterocycles. The zero-order chi connectivity index (χ0) is 32.9. The van der Waals surface area contributed by atoms with Crippen LogP contribution in [0.1, 0.15) is 45.1 Å². The maximum Gasteiger partial charge on any atom is 0.410 e. The van der Waals surface area contributed by atoms with Gasteiger partial charge in [0.1, 0.15) is 28.7 Å². The Labute approximate surface area is 261 Å². The molecule has 0 radical (unpaired) electrons. The third-order valence-electron chi connectivity index (χ3n) is 7.51. The van der Waals surface area contributed by atoms with E-state index in [9.17, 15) is 24.0 Å². The monoisotopic (exact) mass is 620 g/mol. The number of rotatable bonds is 7. The van der Waals surface area contributed by atoms with Gasteiger partial charge in [0, 0.05) is 19.2 Å². The molecule has 2 heterocycles. The SMILES string of the molecule is COC(=O)C1=C(C(=O)OC)N(c2cc(F)ccc2OCC2CCN(C(=O)OC(C)(C)C)CC2)C(N)=C(C#N)C1c1ccccc1. The molecule has 0 spiro atoms. The topological polar surface area (TPSA) is 144 Å². The average molecular weight is 621 g/mol. The van der Waals surface area contributed by atoms with E-state index >= 15 is 0 Å². The summed E-state index contributed by atoms with van der Waals surface area (Å²) in [5.41, 5.74) is 5.88. The summed E-state index contributed by atoms with van der Waals surface area (Å²) in [5.74, 6) is -3.61. The maximum atomic E-state index is 14.8. The van der Waals surface area contributed by atoms with Gasteiger partial charge in [-0.25, -0.2) is 18.8 Å². The Balaban J connectivity index is 1.72. The second kappa shape index (κ2) is 13.7. The number of nitriles is 1. The normalized spacial score (nSPS) is 17.5. The van der Waals surface area contributed by atoms with Gasteiger partial charge < -0.3 is 29.6 Å². The van der Waals surface area contributed by atoms with E-state index in [0.29, 0.717) is 31.5 Å². The van der Waals surface area contributed by atoms with Gasteiger partial charge in [0.25, 0.3) is 0 Å². The largest absolute Gasteiger partial charge is 0.491 e. The van der Waals surface area contributed by atoms with Crippen LogP contribution in [0, 0.1) is 23.1 Å². The predicted molar refractivity (Wildman–Crippen MR) is 162 cm³/mol. The first kappa shape index (κ1) is 32.9. The molecule has 11 nitrogen and oxygen atoms in total. The number of carbonyl (C=O) groups is 3. The van der Waals surface area contributed by atoms with Crippen molar-refractivity contribution < 1.29 is 37.7 Å². The Bertz CT molecular complexity index is 1550. The first-order valence-corrected chi connectivity index (χ1v) is 14.5. The number of esters is 2. The van der Waals surface area contributed by atoms with Gasteiger partial charge in [-0.3, -0.25) is 4.90 Å². The molecule has 1 fully saturated rings. The molecule has 2 aromatic rings. The highest BCUT2D eigenvalue weighted by Gasteiger charge is 2.44. The third-order valence-corrected chi connectivity index (χ3v) is 7.51. The second-order valence-electron chi connectivity index (χ2n) is 11.7. The van der Waals surface area contributed by atoms with Gasteiger partial charge in [-0.15, -0.1) is 0 Å². The highest BCUT2D eigenvalue weighted by molar-refractivity contribution is 6.06. The molecular weight excluding hydrogens is 583 g/mol. The lowest BCUT2D eigenvalue weighted by molar-refractivity contribution is -0.139. The van der Waals surface area contributed by atoms with Crippen molar-refractivity contribution in [3.05, 3.63) is 82.6 Å². The van der Waals surface area contributed by atoms with Crippen molar-refractivity contribution in [1.82, 2.24) is 4.90 Å². The first-order valence-electron chi connectivity index (χ1n) is 14.5. The van der Waals surface area contributed by atoms with E-state index in [2.05, 4.69) is 6.07 Å². The zero-order valence-corrected chi connectivity index (χ0v) is 26.0. The van der Waals surface area contributed by atoms with Crippen LogP contribution in [0.2, 0.25) is 0 Å². The summed E-state index contributed by atoms with van der Waals surface area (Å²) in [6, 6.07) is 14.3. The van der Waals surface area contributed by atoms with Crippen molar-refractivity contribution in [2.45, 2.75) is 45.1 Å². The predicted octanol–water partition coefficient (Wildman–Crippen LogP) is 4.75. The number of ether oxygens (including phenoxy) is 4. The van der Waals surface area contributed by atoms with E-state index in [1.165, 1.54) is 12.1 Å². The van der Waals surface area contributed by atoms with Gasteiger partial charge in [-0.2, -0.15) is 5.26 Å². The van der Waals surface area contributed by atoms with Crippen LogP contribution in [0.25, 0.3) is 0 Å². The Morgan fingerprint density at radius 3 is 2.24 bits per heavy atom. The molecule has 0 aliphatic carbocycles. The van der Waals surface area contributed by atoms with Gasteiger partial charge in [0.05, 0.1) is 49.6 Å². The molecule has 0 bridgehead atoms. The lowest BCUT2D eigenvalue weighted by atomic mass is 9.81. The number of piperidine rings is 1. The Kier molecular flexibility index (Phi) is 10.0. The molecule has 1 atom stereocenters.